The molecular weight excluding hydrogens is 307 g/mol. The highest BCUT2D eigenvalue weighted by Crippen LogP contribution is 2.28. The van der Waals surface area contributed by atoms with Crippen molar-refractivity contribution >= 4 is 15.9 Å². The van der Waals surface area contributed by atoms with Crippen molar-refractivity contribution in [3.05, 3.63) is 68.9 Å². The van der Waals surface area contributed by atoms with Gasteiger partial charge in [0.05, 0.1) is 6.10 Å². The summed E-state index contributed by atoms with van der Waals surface area (Å²) < 4.78 is 13.9. The molecule has 0 aromatic heterocycles. The average Bonchev–Trinajstić information content (AvgIpc) is 2.32. The van der Waals surface area contributed by atoms with E-state index in [0.29, 0.717) is 6.42 Å². The van der Waals surface area contributed by atoms with Gasteiger partial charge in [0.2, 0.25) is 0 Å². The lowest BCUT2D eigenvalue weighted by molar-refractivity contribution is 0.177. The van der Waals surface area contributed by atoms with E-state index in [4.69, 9.17) is 0 Å². The molecule has 2 aromatic carbocycles. The van der Waals surface area contributed by atoms with Crippen molar-refractivity contribution in [1.29, 1.82) is 0 Å². The lowest BCUT2D eigenvalue weighted by Crippen LogP contribution is -2.04. The van der Waals surface area contributed by atoms with Crippen molar-refractivity contribution in [2.45, 2.75) is 26.4 Å². The van der Waals surface area contributed by atoms with Crippen molar-refractivity contribution in [3.8, 4) is 0 Å². The van der Waals surface area contributed by atoms with Gasteiger partial charge >= 0.3 is 0 Å². The van der Waals surface area contributed by atoms with Crippen LogP contribution < -0.4 is 0 Å². The molecule has 0 spiro atoms. The summed E-state index contributed by atoms with van der Waals surface area (Å²) in [6.45, 7) is 3.86. The predicted octanol–water partition coefficient (Wildman–Crippen LogP) is 4.48. The molecule has 0 fully saturated rings. The summed E-state index contributed by atoms with van der Waals surface area (Å²) in [5, 5.41) is 10.3. The van der Waals surface area contributed by atoms with Crippen LogP contribution in [0.2, 0.25) is 0 Å². The van der Waals surface area contributed by atoms with Crippen LogP contribution in [0, 0.1) is 19.7 Å². The molecule has 1 nitrogen and oxygen atoms in total. The van der Waals surface area contributed by atoms with Crippen molar-refractivity contribution in [2.24, 2.45) is 0 Å². The molecule has 2 rings (SSSR count). The lowest BCUT2D eigenvalue weighted by Gasteiger charge is -2.15. The van der Waals surface area contributed by atoms with E-state index in [2.05, 4.69) is 15.9 Å². The van der Waals surface area contributed by atoms with Crippen LogP contribution >= 0.6 is 15.9 Å². The largest absolute Gasteiger partial charge is 0.388 e. The molecule has 19 heavy (non-hydrogen) atoms. The van der Waals surface area contributed by atoms with Crippen LogP contribution in [0.1, 0.15) is 28.4 Å². The van der Waals surface area contributed by atoms with Crippen LogP contribution in [0.4, 0.5) is 4.39 Å². The second-order valence-corrected chi connectivity index (χ2v) is 5.67. The minimum absolute atomic E-state index is 0.243. The number of aliphatic hydroxyl groups is 1. The van der Waals surface area contributed by atoms with E-state index in [-0.39, 0.29) is 5.82 Å². The maximum atomic E-state index is 13.0. The van der Waals surface area contributed by atoms with Gasteiger partial charge in [0.15, 0.2) is 0 Å². The Balaban J connectivity index is 2.23. The Bertz CT molecular complexity index is 595. The summed E-state index contributed by atoms with van der Waals surface area (Å²) in [5.74, 6) is -0.243. The molecular formula is C16H16BrFO. The highest BCUT2D eigenvalue weighted by Gasteiger charge is 2.13. The van der Waals surface area contributed by atoms with Crippen molar-refractivity contribution in [3.63, 3.8) is 0 Å². The first-order chi connectivity index (χ1) is 8.97. The Morgan fingerprint density at radius 2 is 1.89 bits per heavy atom. The van der Waals surface area contributed by atoms with Crippen molar-refractivity contribution < 1.29 is 9.50 Å². The molecule has 1 atom stereocenters. The molecule has 0 aliphatic carbocycles. The molecule has 0 amide bonds. The normalized spacial score (nSPS) is 12.5. The van der Waals surface area contributed by atoms with Gasteiger partial charge in [0.25, 0.3) is 0 Å². The number of hydrogen-bond donors (Lipinski definition) is 1. The molecule has 100 valence electrons. The standard InChI is InChI=1S/C16H16BrFO/c1-10-3-6-14(15(17)7-10)16(19)9-12-4-5-13(18)8-11(12)2/h3-8,16,19H,9H2,1-2H3. The molecule has 1 N–H and O–H groups in total. The Labute approximate surface area is 121 Å². The maximum Gasteiger partial charge on any atom is 0.123 e. The molecule has 3 heteroatoms. The molecule has 0 saturated heterocycles. The van der Waals surface area contributed by atoms with Crippen LogP contribution in [0.5, 0.6) is 0 Å². The first kappa shape index (κ1) is 14.2. The van der Waals surface area contributed by atoms with Gasteiger partial charge in [-0.05, 0) is 54.3 Å². The number of benzene rings is 2. The van der Waals surface area contributed by atoms with Crippen LogP contribution in [-0.2, 0) is 6.42 Å². The second-order valence-electron chi connectivity index (χ2n) is 4.82. The molecule has 0 aliphatic rings. The quantitative estimate of drug-likeness (QED) is 0.883. The Morgan fingerprint density at radius 1 is 1.16 bits per heavy atom. The SMILES string of the molecule is Cc1ccc(C(O)Cc2ccc(F)cc2C)c(Br)c1. The van der Waals surface area contributed by atoms with E-state index in [1.807, 2.05) is 32.0 Å². The van der Waals surface area contributed by atoms with Gasteiger partial charge in [0.1, 0.15) is 5.82 Å². The summed E-state index contributed by atoms with van der Waals surface area (Å²) >= 11 is 3.47. The molecule has 0 aliphatic heterocycles. The third-order valence-corrected chi connectivity index (χ3v) is 3.92. The monoisotopic (exact) mass is 322 g/mol. The van der Waals surface area contributed by atoms with Gasteiger partial charge in [-0.2, -0.15) is 0 Å². The zero-order valence-electron chi connectivity index (χ0n) is 11.0. The summed E-state index contributed by atoms with van der Waals surface area (Å²) in [4.78, 5) is 0. The maximum absolute atomic E-state index is 13.0. The number of aryl methyl sites for hydroxylation is 2. The second kappa shape index (κ2) is 5.85. The third kappa shape index (κ3) is 3.43. The highest BCUT2D eigenvalue weighted by molar-refractivity contribution is 9.10. The topological polar surface area (TPSA) is 20.2 Å². The van der Waals surface area contributed by atoms with Crippen molar-refractivity contribution in [1.82, 2.24) is 0 Å². The average molecular weight is 323 g/mol. The fraction of sp³-hybridized carbons (Fsp3) is 0.250. The summed E-state index contributed by atoms with van der Waals surface area (Å²) in [7, 11) is 0. The zero-order chi connectivity index (χ0) is 14.0. The lowest BCUT2D eigenvalue weighted by atomic mass is 9.97. The predicted molar refractivity (Wildman–Crippen MR) is 78.7 cm³/mol. The zero-order valence-corrected chi connectivity index (χ0v) is 12.5. The molecule has 0 bridgehead atoms. The summed E-state index contributed by atoms with van der Waals surface area (Å²) in [5.41, 5.74) is 3.82. The van der Waals surface area contributed by atoms with E-state index in [1.165, 1.54) is 12.1 Å². The van der Waals surface area contributed by atoms with Crippen LogP contribution in [0.3, 0.4) is 0 Å². The number of rotatable bonds is 3. The first-order valence-corrected chi connectivity index (χ1v) is 6.96. The van der Waals surface area contributed by atoms with Crippen LogP contribution in [-0.4, -0.2) is 5.11 Å². The Morgan fingerprint density at radius 3 is 2.53 bits per heavy atom. The van der Waals surface area contributed by atoms with Gasteiger partial charge in [-0.25, -0.2) is 4.39 Å². The Hall–Kier alpha value is -1.19. The highest BCUT2D eigenvalue weighted by atomic mass is 79.9. The van der Waals surface area contributed by atoms with Crippen LogP contribution in [0.25, 0.3) is 0 Å². The molecule has 2 aromatic rings. The molecule has 0 radical (unpaired) electrons. The minimum Gasteiger partial charge on any atom is -0.388 e. The first-order valence-electron chi connectivity index (χ1n) is 6.16. The minimum atomic E-state index is -0.598. The van der Waals surface area contributed by atoms with Gasteiger partial charge < -0.3 is 5.11 Å². The van der Waals surface area contributed by atoms with E-state index in [0.717, 1.165) is 26.7 Å². The molecule has 1 unspecified atom stereocenters. The number of hydrogen-bond acceptors (Lipinski definition) is 1. The van der Waals surface area contributed by atoms with Crippen molar-refractivity contribution in [2.75, 3.05) is 0 Å². The van der Waals surface area contributed by atoms with Gasteiger partial charge in [-0.15, -0.1) is 0 Å². The summed E-state index contributed by atoms with van der Waals surface area (Å²) in [6, 6.07) is 10.5. The van der Waals surface area contributed by atoms with Gasteiger partial charge in [-0.1, -0.05) is 34.1 Å². The van der Waals surface area contributed by atoms with Crippen LogP contribution in [0.15, 0.2) is 40.9 Å². The summed E-state index contributed by atoms with van der Waals surface area (Å²) in [6.07, 6.45) is -0.118. The van der Waals surface area contributed by atoms with E-state index in [1.54, 1.807) is 6.07 Å². The van der Waals surface area contributed by atoms with E-state index in [9.17, 15) is 9.50 Å². The number of aliphatic hydroxyl groups excluding tert-OH is 1. The third-order valence-electron chi connectivity index (χ3n) is 3.23. The number of halogens is 2. The van der Waals surface area contributed by atoms with Gasteiger partial charge in [-0.3, -0.25) is 0 Å². The molecule has 0 heterocycles. The van der Waals surface area contributed by atoms with Gasteiger partial charge in [0, 0.05) is 10.9 Å². The Kier molecular flexibility index (Phi) is 4.38. The van der Waals surface area contributed by atoms with E-state index < -0.39 is 6.10 Å². The fourth-order valence-corrected chi connectivity index (χ4v) is 2.87. The molecule has 0 saturated carbocycles. The smallest absolute Gasteiger partial charge is 0.123 e. The van der Waals surface area contributed by atoms with E-state index >= 15 is 0 Å². The fourth-order valence-electron chi connectivity index (χ4n) is 2.11.